The topological polar surface area (TPSA) is 101 Å². The molecule has 0 bridgehead atoms. The molecule has 0 radical (unpaired) electrons. The summed E-state index contributed by atoms with van der Waals surface area (Å²) in [5, 5.41) is 2.75. The molecular formula is C19H17BrN4O3S. The molecule has 0 unspecified atom stereocenters. The predicted octanol–water partition coefficient (Wildman–Crippen LogP) is 3.53. The van der Waals surface area contributed by atoms with Gasteiger partial charge in [0.1, 0.15) is 0 Å². The van der Waals surface area contributed by atoms with Crippen molar-refractivity contribution >= 4 is 43.5 Å². The lowest BCUT2D eigenvalue weighted by atomic mass is 10.1. The molecule has 7 nitrogen and oxygen atoms in total. The lowest BCUT2D eigenvalue weighted by molar-refractivity contribution is -0.115. The van der Waals surface area contributed by atoms with Crippen molar-refractivity contribution in [2.24, 2.45) is 0 Å². The molecule has 1 amide bonds. The van der Waals surface area contributed by atoms with Crippen LogP contribution >= 0.6 is 15.9 Å². The zero-order chi connectivity index (χ0) is 20.1. The quantitative estimate of drug-likeness (QED) is 0.585. The third-order valence-corrected chi connectivity index (χ3v) is 5.62. The number of amides is 1. The highest BCUT2D eigenvalue weighted by atomic mass is 79.9. The van der Waals surface area contributed by atoms with Crippen molar-refractivity contribution in [3.63, 3.8) is 0 Å². The van der Waals surface area contributed by atoms with Gasteiger partial charge >= 0.3 is 0 Å². The normalized spacial score (nSPS) is 11.1. The Morgan fingerprint density at radius 2 is 1.71 bits per heavy atom. The van der Waals surface area contributed by atoms with E-state index in [1.54, 1.807) is 13.0 Å². The minimum Gasteiger partial charge on any atom is -0.326 e. The molecule has 3 aromatic rings. The molecule has 9 heteroatoms. The summed E-state index contributed by atoms with van der Waals surface area (Å²) in [5.74, 6) is -0.184. The van der Waals surface area contributed by atoms with Gasteiger partial charge in [-0.2, -0.15) is 0 Å². The Kier molecular flexibility index (Phi) is 6.05. The second-order valence-corrected chi connectivity index (χ2v) is 8.60. The van der Waals surface area contributed by atoms with E-state index in [-0.39, 0.29) is 23.2 Å². The molecule has 1 heterocycles. The number of nitrogens with zero attached hydrogens (tertiary/aromatic N) is 2. The highest BCUT2D eigenvalue weighted by Crippen LogP contribution is 2.17. The number of anilines is 2. The number of aromatic nitrogens is 2. The fourth-order valence-corrected chi connectivity index (χ4v) is 3.60. The van der Waals surface area contributed by atoms with E-state index in [9.17, 15) is 13.2 Å². The van der Waals surface area contributed by atoms with E-state index in [1.807, 2.05) is 24.3 Å². The van der Waals surface area contributed by atoms with Crippen LogP contribution in [0.15, 0.2) is 70.2 Å². The van der Waals surface area contributed by atoms with Crippen molar-refractivity contribution in [1.82, 2.24) is 9.97 Å². The van der Waals surface area contributed by atoms with Gasteiger partial charge in [0.05, 0.1) is 11.3 Å². The summed E-state index contributed by atoms with van der Waals surface area (Å²) in [6.45, 7) is 1.74. The molecule has 3 rings (SSSR count). The number of hydrogen-bond acceptors (Lipinski definition) is 5. The van der Waals surface area contributed by atoms with Crippen LogP contribution in [0.1, 0.15) is 11.3 Å². The van der Waals surface area contributed by atoms with Crippen LogP contribution in [0.5, 0.6) is 0 Å². The van der Waals surface area contributed by atoms with Gasteiger partial charge in [-0.1, -0.05) is 28.1 Å². The van der Waals surface area contributed by atoms with Crippen molar-refractivity contribution in [3.05, 3.63) is 76.5 Å². The fraction of sp³-hybridized carbons (Fsp3) is 0.105. The van der Waals surface area contributed by atoms with Crippen molar-refractivity contribution < 1.29 is 13.2 Å². The molecule has 28 heavy (non-hydrogen) atoms. The van der Waals surface area contributed by atoms with E-state index in [4.69, 9.17) is 0 Å². The first-order valence-corrected chi connectivity index (χ1v) is 10.6. The number of aryl methyl sites for hydroxylation is 1. The third kappa shape index (κ3) is 5.37. The summed E-state index contributed by atoms with van der Waals surface area (Å²) in [6, 6.07) is 15.0. The number of carbonyl (C=O) groups excluding carboxylic acids is 1. The largest absolute Gasteiger partial charge is 0.326 e. The van der Waals surface area contributed by atoms with Gasteiger partial charge in [0.25, 0.3) is 10.0 Å². The van der Waals surface area contributed by atoms with Crippen LogP contribution in [0.4, 0.5) is 11.6 Å². The van der Waals surface area contributed by atoms with Crippen LogP contribution in [0.25, 0.3) is 0 Å². The second kappa shape index (κ2) is 8.49. The van der Waals surface area contributed by atoms with Gasteiger partial charge in [0.15, 0.2) is 0 Å². The van der Waals surface area contributed by atoms with Crippen molar-refractivity contribution in [2.45, 2.75) is 18.2 Å². The average molecular weight is 461 g/mol. The Morgan fingerprint density at radius 3 is 2.36 bits per heavy atom. The monoisotopic (exact) mass is 460 g/mol. The summed E-state index contributed by atoms with van der Waals surface area (Å²) < 4.78 is 28.1. The molecule has 1 aromatic heterocycles. The standard InChI is InChI=1S/C19H17BrN4O3S/c1-13-10-11-21-19(22-13)24-28(26,27)17-8-6-16(7-9-17)23-18(25)12-14-2-4-15(20)5-3-14/h2-11H,12H2,1H3,(H,23,25)(H,21,22,24). The van der Waals surface area contributed by atoms with E-state index >= 15 is 0 Å². The minimum atomic E-state index is -3.82. The maximum atomic E-state index is 12.4. The van der Waals surface area contributed by atoms with E-state index in [1.165, 1.54) is 30.5 Å². The van der Waals surface area contributed by atoms with E-state index in [2.05, 4.69) is 35.9 Å². The zero-order valence-electron chi connectivity index (χ0n) is 14.9. The van der Waals surface area contributed by atoms with Gasteiger partial charge in [0, 0.05) is 22.1 Å². The van der Waals surface area contributed by atoms with Crippen LogP contribution < -0.4 is 10.0 Å². The predicted molar refractivity (Wildman–Crippen MR) is 110 cm³/mol. The molecule has 0 fully saturated rings. The van der Waals surface area contributed by atoms with Crippen LogP contribution in [-0.4, -0.2) is 24.3 Å². The fourth-order valence-electron chi connectivity index (χ4n) is 2.39. The summed E-state index contributed by atoms with van der Waals surface area (Å²) in [5.41, 5.74) is 2.03. The second-order valence-electron chi connectivity index (χ2n) is 6.00. The first-order valence-electron chi connectivity index (χ1n) is 8.29. The molecule has 0 aliphatic rings. The van der Waals surface area contributed by atoms with Gasteiger partial charge < -0.3 is 5.32 Å². The maximum absolute atomic E-state index is 12.4. The Hall–Kier alpha value is -2.78. The summed E-state index contributed by atoms with van der Waals surface area (Å²) in [6.07, 6.45) is 1.70. The summed E-state index contributed by atoms with van der Waals surface area (Å²) in [4.78, 5) is 20.1. The lowest BCUT2D eigenvalue weighted by Crippen LogP contribution is -2.16. The highest BCUT2D eigenvalue weighted by molar-refractivity contribution is 9.10. The Labute approximate surface area is 171 Å². The molecule has 144 valence electrons. The molecule has 0 atom stereocenters. The van der Waals surface area contributed by atoms with Gasteiger partial charge in [-0.3, -0.25) is 4.79 Å². The molecule has 0 spiro atoms. The van der Waals surface area contributed by atoms with Gasteiger partial charge in [-0.15, -0.1) is 0 Å². The van der Waals surface area contributed by atoms with Crippen LogP contribution in [0, 0.1) is 6.92 Å². The third-order valence-electron chi connectivity index (χ3n) is 3.75. The van der Waals surface area contributed by atoms with Crippen molar-refractivity contribution in [2.75, 3.05) is 10.0 Å². The lowest BCUT2D eigenvalue weighted by Gasteiger charge is -2.09. The maximum Gasteiger partial charge on any atom is 0.264 e. The first-order chi connectivity index (χ1) is 13.3. The number of nitrogens with one attached hydrogen (secondary N) is 2. The van der Waals surface area contributed by atoms with E-state index in [0.29, 0.717) is 11.4 Å². The van der Waals surface area contributed by atoms with E-state index in [0.717, 1.165) is 10.0 Å². The van der Waals surface area contributed by atoms with Gasteiger partial charge in [-0.05, 0) is 55.0 Å². The smallest absolute Gasteiger partial charge is 0.264 e. The molecule has 2 N–H and O–H groups in total. The minimum absolute atomic E-state index is 0.00637. The summed E-state index contributed by atoms with van der Waals surface area (Å²) in [7, 11) is -3.82. The molecular weight excluding hydrogens is 444 g/mol. The molecule has 0 aliphatic carbocycles. The van der Waals surface area contributed by atoms with Crippen molar-refractivity contribution in [3.8, 4) is 0 Å². The zero-order valence-corrected chi connectivity index (χ0v) is 17.3. The van der Waals surface area contributed by atoms with Crippen LogP contribution in [-0.2, 0) is 21.2 Å². The van der Waals surface area contributed by atoms with Crippen LogP contribution in [0.3, 0.4) is 0 Å². The SMILES string of the molecule is Cc1ccnc(NS(=O)(=O)c2ccc(NC(=O)Cc3ccc(Br)cc3)cc2)n1. The van der Waals surface area contributed by atoms with Crippen molar-refractivity contribution in [1.29, 1.82) is 0 Å². The Balaban J connectivity index is 1.65. The number of benzene rings is 2. The average Bonchev–Trinajstić information content (AvgIpc) is 2.64. The number of sulfonamides is 1. The molecule has 0 saturated carbocycles. The Morgan fingerprint density at radius 1 is 1.04 bits per heavy atom. The van der Waals surface area contributed by atoms with Gasteiger partial charge in [0.2, 0.25) is 11.9 Å². The molecule has 2 aromatic carbocycles. The van der Waals surface area contributed by atoms with Gasteiger partial charge in [-0.25, -0.2) is 23.1 Å². The summed E-state index contributed by atoms with van der Waals surface area (Å²) >= 11 is 3.35. The number of halogens is 1. The Bertz CT molecular complexity index is 1080. The number of hydrogen-bond donors (Lipinski definition) is 2. The molecule has 0 aliphatic heterocycles. The highest BCUT2D eigenvalue weighted by Gasteiger charge is 2.16. The first kappa shape index (κ1) is 20.0. The number of rotatable bonds is 6. The van der Waals surface area contributed by atoms with Crippen LogP contribution in [0.2, 0.25) is 0 Å². The number of carbonyl (C=O) groups is 1. The van der Waals surface area contributed by atoms with E-state index < -0.39 is 10.0 Å². The molecule has 0 saturated heterocycles.